The van der Waals surface area contributed by atoms with Crippen LogP contribution in [0.4, 0.5) is 0 Å². The highest BCUT2D eigenvalue weighted by Crippen LogP contribution is 2.26. The fourth-order valence-electron chi connectivity index (χ4n) is 4.15. The van der Waals surface area contributed by atoms with Crippen molar-refractivity contribution in [1.82, 2.24) is 14.5 Å². The molecule has 3 rings (SSSR count). The molecule has 2 fully saturated rings. The molecule has 2 aliphatic rings. The molecule has 0 aliphatic carbocycles. The normalized spacial score (nSPS) is 23.6. The van der Waals surface area contributed by atoms with Gasteiger partial charge in [0.1, 0.15) is 0 Å². The minimum atomic E-state index is -3.62. The van der Waals surface area contributed by atoms with Crippen molar-refractivity contribution in [3.05, 3.63) is 29.8 Å². The first-order chi connectivity index (χ1) is 13.8. The summed E-state index contributed by atoms with van der Waals surface area (Å²) in [4.78, 5) is 26.6. The number of hydrogen-bond acceptors (Lipinski definition) is 4. The van der Waals surface area contributed by atoms with E-state index in [0.29, 0.717) is 31.6 Å². The van der Waals surface area contributed by atoms with Crippen molar-refractivity contribution in [2.24, 2.45) is 0 Å². The van der Waals surface area contributed by atoms with E-state index in [1.807, 2.05) is 6.92 Å². The Morgan fingerprint density at radius 3 is 2.66 bits per heavy atom. The zero-order chi connectivity index (χ0) is 21.0. The summed E-state index contributed by atoms with van der Waals surface area (Å²) in [6.45, 7) is 5.31. The molecule has 0 saturated carbocycles. The van der Waals surface area contributed by atoms with E-state index in [4.69, 9.17) is 0 Å². The third-order valence-electron chi connectivity index (χ3n) is 5.82. The highest BCUT2D eigenvalue weighted by atomic mass is 32.2. The summed E-state index contributed by atoms with van der Waals surface area (Å²) in [6.07, 6.45) is 4.83. The van der Waals surface area contributed by atoms with E-state index in [1.54, 1.807) is 34.3 Å². The minimum absolute atomic E-state index is 0.0203. The topological polar surface area (TPSA) is 86.8 Å². The van der Waals surface area contributed by atoms with Crippen LogP contribution in [0.3, 0.4) is 0 Å². The van der Waals surface area contributed by atoms with Crippen molar-refractivity contribution in [2.75, 3.05) is 19.6 Å². The first kappa shape index (κ1) is 21.8. The zero-order valence-electron chi connectivity index (χ0n) is 17.3. The fourth-order valence-corrected chi connectivity index (χ4v) is 5.89. The number of sulfonamides is 1. The van der Waals surface area contributed by atoms with E-state index in [1.165, 1.54) is 6.07 Å². The second kappa shape index (κ2) is 9.26. The van der Waals surface area contributed by atoms with Crippen LogP contribution in [0.1, 0.15) is 62.7 Å². The molecule has 8 heteroatoms. The monoisotopic (exact) mass is 421 g/mol. The van der Waals surface area contributed by atoms with Crippen molar-refractivity contribution in [3.63, 3.8) is 0 Å². The van der Waals surface area contributed by atoms with Gasteiger partial charge in [0, 0.05) is 43.7 Å². The van der Waals surface area contributed by atoms with Crippen molar-refractivity contribution in [2.45, 2.75) is 69.4 Å². The molecule has 2 unspecified atom stereocenters. The van der Waals surface area contributed by atoms with Crippen molar-refractivity contribution in [1.29, 1.82) is 0 Å². The lowest BCUT2D eigenvalue weighted by Crippen LogP contribution is -2.49. The maximum absolute atomic E-state index is 13.1. The summed E-state index contributed by atoms with van der Waals surface area (Å²) in [7, 11) is -3.62. The summed E-state index contributed by atoms with van der Waals surface area (Å²) in [6, 6.07) is 6.27. The van der Waals surface area contributed by atoms with Crippen LogP contribution in [0.15, 0.2) is 29.2 Å². The number of benzene rings is 1. The minimum Gasteiger partial charge on any atom is -0.352 e. The molecule has 160 valence electrons. The standard InChI is InChI=1S/C21H31N3O4S/c1-3-20(25)22-18-10-7-12-23(15-18)21(26)17-9-6-11-19(14-17)29(27,28)24-13-5-4-8-16(24)2/h6,9,11,14,16,18H,3-5,7-8,10,12-13,15H2,1-2H3,(H,22,25). The lowest BCUT2D eigenvalue weighted by Gasteiger charge is -2.34. The molecule has 2 atom stereocenters. The number of piperidine rings is 2. The largest absolute Gasteiger partial charge is 0.352 e. The Balaban J connectivity index is 1.76. The summed E-state index contributed by atoms with van der Waals surface area (Å²) < 4.78 is 27.8. The number of carbonyl (C=O) groups is 2. The predicted molar refractivity (Wildman–Crippen MR) is 111 cm³/mol. The maximum Gasteiger partial charge on any atom is 0.253 e. The number of carbonyl (C=O) groups excluding carboxylic acids is 2. The molecule has 7 nitrogen and oxygen atoms in total. The van der Waals surface area contributed by atoms with Crippen LogP contribution in [-0.2, 0) is 14.8 Å². The molecule has 0 aromatic heterocycles. The summed E-state index contributed by atoms with van der Waals surface area (Å²) in [5, 5.41) is 2.95. The second-order valence-electron chi connectivity index (χ2n) is 8.00. The Hall–Kier alpha value is -1.93. The van der Waals surface area contributed by atoms with Gasteiger partial charge in [-0.25, -0.2) is 8.42 Å². The molecule has 1 N–H and O–H groups in total. The quantitative estimate of drug-likeness (QED) is 0.791. The van der Waals surface area contributed by atoms with E-state index in [-0.39, 0.29) is 28.8 Å². The van der Waals surface area contributed by atoms with Gasteiger partial charge in [-0.1, -0.05) is 19.4 Å². The van der Waals surface area contributed by atoms with Crippen molar-refractivity contribution >= 4 is 21.8 Å². The van der Waals surface area contributed by atoms with Crippen LogP contribution in [-0.4, -0.2) is 61.2 Å². The Morgan fingerprint density at radius 1 is 1.14 bits per heavy atom. The average Bonchev–Trinajstić information content (AvgIpc) is 2.73. The predicted octanol–water partition coefficient (Wildman–Crippen LogP) is 2.38. The Morgan fingerprint density at radius 2 is 1.93 bits per heavy atom. The highest BCUT2D eigenvalue weighted by Gasteiger charge is 2.32. The van der Waals surface area contributed by atoms with Gasteiger partial charge in [0.2, 0.25) is 15.9 Å². The number of amides is 2. The molecule has 0 spiro atoms. The molecule has 1 aromatic rings. The van der Waals surface area contributed by atoms with E-state index < -0.39 is 10.0 Å². The molecule has 2 aliphatic heterocycles. The van der Waals surface area contributed by atoms with Crippen LogP contribution >= 0.6 is 0 Å². The number of nitrogens with one attached hydrogen (secondary N) is 1. The van der Waals surface area contributed by atoms with Gasteiger partial charge in [-0.05, 0) is 50.8 Å². The molecular formula is C21H31N3O4S. The smallest absolute Gasteiger partial charge is 0.253 e. The highest BCUT2D eigenvalue weighted by molar-refractivity contribution is 7.89. The van der Waals surface area contributed by atoms with Gasteiger partial charge in [-0.15, -0.1) is 0 Å². The third-order valence-corrected chi connectivity index (χ3v) is 7.83. The Kier molecular flexibility index (Phi) is 6.95. The number of likely N-dealkylation sites (tertiary alicyclic amines) is 1. The number of rotatable bonds is 5. The van der Waals surface area contributed by atoms with Crippen LogP contribution < -0.4 is 5.32 Å². The van der Waals surface area contributed by atoms with Crippen LogP contribution in [0.25, 0.3) is 0 Å². The summed E-state index contributed by atoms with van der Waals surface area (Å²) >= 11 is 0. The molecule has 2 amide bonds. The molecule has 0 bridgehead atoms. The van der Waals surface area contributed by atoms with Crippen LogP contribution in [0.5, 0.6) is 0 Å². The first-order valence-electron chi connectivity index (χ1n) is 10.5. The molecular weight excluding hydrogens is 390 g/mol. The van der Waals surface area contributed by atoms with Gasteiger partial charge in [-0.3, -0.25) is 9.59 Å². The van der Waals surface area contributed by atoms with Crippen molar-refractivity contribution < 1.29 is 18.0 Å². The first-order valence-corrected chi connectivity index (χ1v) is 12.0. The second-order valence-corrected chi connectivity index (χ2v) is 9.89. The molecule has 29 heavy (non-hydrogen) atoms. The van der Waals surface area contributed by atoms with E-state index >= 15 is 0 Å². The van der Waals surface area contributed by atoms with Gasteiger partial charge < -0.3 is 10.2 Å². The summed E-state index contributed by atoms with van der Waals surface area (Å²) in [5.74, 6) is -0.211. The van der Waals surface area contributed by atoms with Gasteiger partial charge in [-0.2, -0.15) is 4.31 Å². The molecule has 1 aromatic carbocycles. The molecule has 2 saturated heterocycles. The fraction of sp³-hybridized carbons (Fsp3) is 0.619. The lowest BCUT2D eigenvalue weighted by atomic mass is 10.0. The molecule has 0 radical (unpaired) electrons. The van der Waals surface area contributed by atoms with E-state index in [9.17, 15) is 18.0 Å². The lowest BCUT2D eigenvalue weighted by molar-refractivity contribution is -0.121. The van der Waals surface area contributed by atoms with E-state index in [2.05, 4.69) is 5.32 Å². The summed E-state index contributed by atoms with van der Waals surface area (Å²) in [5.41, 5.74) is 0.373. The number of hydrogen-bond donors (Lipinski definition) is 1. The average molecular weight is 422 g/mol. The van der Waals surface area contributed by atoms with Gasteiger partial charge in [0.05, 0.1) is 4.90 Å². The zero-order valence-corrected chi connectivity index (χ0v) is 18.1. The van der Waals surface area contributed by atoms with Gasteiger partial charge in [0.15, 0.2) is 0 Å². The van der Waals surface area contributed by atoms with E-state index in [0.717, 1.165) is 32.1 Å². The van der Waals surface area contributed by atoms with Crippen LogP contribution in [0.2, 0.25) is 0 Å². The van der Waals surface area contributed by atoms with Crippen LogP contribution in [0, 0.1) is 0 Å². The molecule has 2 heterocycles. The number of nitrogens with zero attached hydrogens (tertiary/aromatic N) is 2. The van der Waals surface area contributed by atoms with Gasteiger partial charge in [0.25, 0.3) is 5.91 Å². The maximum atomic E-state index is 13.1. The van der Waals surface area contributed by atoms with Crippen molar-refractivity contribution in [3.8, 4) is 0 Å². The Labute approximate surface area is 173 Å². The third kappa shape index (κ3) is 4.98. The van der Waals surface area contributed by atoms with Gasteiger partial charge >= 0.3 is 0 Å². The Bertz CT molecular complexity index is 855. The SMILES string of the molecule is CCC(=O)NC1CCCN(C(=O)c2cccc(S(=O)(=O)N3CCCCC3C)c2)C1.